The van der Waals surface area contributed by atoms with Gasteiger partial charge in [-0.2, -0.15) is 26.3 Å². The molecule has 1 N–H and O–H groups in total. The largest absolute Gasteiger partial charge is 0.416 e. The quantitative estimate of drug-likeness (QED) is 0.554. The third-order valence-electron chi connectivity index (χ3n) is 4.05. The molecule has 0 aliphatic carbocycles. The Kier molecular flexibility index (Phi) is 5.98. The standard InChI is InChI=1S/C18H18F6N2/c1-12(26(2)25-11-13-6-4-3-5-7-13)14-8-15(17(19,20)21)10-16(9-14)18(22,23)24/h3-10,12,25H,11H2,1-2H3. The zero-order valence-electron chi connectivity index (χ0n) is 14.1. The number of alkyl halides is 6. The lowest BCUT2D eigenvalue weighted by molar-refractivity contribution is -0.143. The SMILES string of the molecule is CC(c1cc(C(F)(F)F)cc(C(F)(F)F)c1)N(C)NCc1ccccc1. The van der Waals surface area contributed by atoms with Gasteiger partial charge in [0.05, 0.1) is 11.1 Å². The first-order chi connectivity index (χ1) is 12.0. The number of rotatable bonds is 5. The summed E-state index contributed by atoms with van der Waals surface area (Å²) in [6.45, 7) is 1.93. The van der Waals surface area contributed by atoms with Gasteiger partial charge in [-0.25, -0.2) is 5.01 Å². The van der Waals surface area contributed by atoms with Crippen LogP contribution >= 0.6 is 0 Å². The summed E-state index contributed by atoms with van der Waals surface area (Å²) in [4.78, 5) is 0. The fourth-order valence-corrected chi connectivity index (χ4v) is 2.39. The topological polar surface area (TPSA) is 15.3 Å². The summed E-state index contributed by atoms with van der Waals surface area (Å²) < 4.78 is 77.8. The van der Waals surface area contributed by atoms with Gasteiger partial charge in [0.15, 0.2) is 0 Å². The van der Waals surface area contributed by atoms with Gasteiger partial charge >= 0.3 is 12.4 Å². The fourth-order valence-electron chi connectivity index (χ4n) is 2.39. The molecule has 0 aliphatic rings. The van der Waals surface area contributed by atoms with Crippen LogP contribution in [-0.2, 0) is 18.9 Å². The summed E-state index contributed by atoms with van der Waals surface area (Å²) in [6.07, 6.45) is -9.71. The lowest BCUT2D eigenvalue weighted by atomic mass is 10.00. The van der Waals surface area contributed by atoms with E-state index in [1.54, 1.807) is 7.05 Å². The van der Waals surface area contributed by atoms with E-state index in [4.69, 9.17) is 0 Å². The molecule has 0 fully saturated rings. The highest BCUT2D eigenvalue weighted by atomic mass is 19.4. The van der Waals surface area contributed by atoms with Crippen LogP contribution in [0.1, 0.15) is 35.2 Å². The third-order valence-corrected chi connectivity index (χ3v) is 4.05. The summed E-state index contributed by atoms with van der Waals surface area (Å²) in [7, 11) is 1.57. The number of hydrogen-bond donors (Lipinski definition) is 1. The van der Waals surface area contributed by atoms with Gasteiger partial charge in [-0.1, -0.05) is 30.3 Å². The van der Waals surface area contributed by atoms with Crippen molar-refractivity contribution in [3.8, 4) is 0 Å². The van der Waals surface area contributed by atoms with Crippen LogP contribution in [0.3, 0.4) is 0 Å². The minimum absolute atomic E-state index is 0.0739. The molecule has 8 heteroatoms. The van der Waals surface area contributed by atoms with Crippen LogP contribution in [0.5, 0.6) is 0 Å². The molecule has 0 saturated carbocycles. The minimum Gasteiger partial charge on any atom is -0.250 e. The van der Waals surface area contributed by atoms with Crippen LogP contribution in [0.4, 0.5) is 26.3 Å². The smallest absolute Gasteiger partial charge is 0.250 e. The second-order valence-electron chi connectivity index (χ2n) is 5.95. The lowest BCUT2D eigenvalue weighted by Crippen LogP contribution is -2.36. The second-order valence-corrected chi connectivity index (χ2v) is 5.95. The predicted octanol–water partition coefficient (Wildman–Crippen LogP) is 5.42. The molecule has 0 amide bonds. The van der Waals surface area contributed by atoms with Crippen LogP contribution in [0.15, 0.2) is 48.5 Å². The van der Waals surface area contributed by atoms with Gasteiger partial charge in [0.1, 0.15) is 0 Å². The highest BCUT2D eigenvalue weighted by Gasteiger charge is 2.37. The Morgan fingerprint density at radius 3 is 1.85 bits per heavy atom. The fraction of sp³-hybridized carbons (Fsp3) is 0.333. The molecule has 142 valence electrons. The average Bonchev–Trinajstić information content (AvgIpc) is 2.58. The van der Waals surface area contributed by atoms with Crippen molar-refractivity contribution in [1.82, 2.24) is 10.4 Å². The Morgan fingerprint density at radius 1 is 0.885 bits per heavy atom. The third kappa shape index (κ3) is 5.22. The molecule has 2 aromatic carbocycles. The zero-order chi connectivity index (χ0) is 19.5. The number of hydrogen-bond acceptors (Lipinski definition) is 2. The first-order valence-electron chi connectivity index (χ1n) is 7.78. The van der Waals surface area contributed by atoms with Gasteiger partial charge in [0.25, 0.3) is 0 Å². The van der Waals surface area contributed by atoms with E-state index < -0.39 is 29.5 Å². The van der Waals surface area contributed by atoms with Gasteiger partial charge in [0.2, 0.25) is 0 Å². The molecule has 1 unspecified atom stereocenters. The summed E-state index contributed by atoms with van der Waals surface area (Å²) in [5.41, 5.74) is 1.22. The van der Waals surface area contributed by atoms with Gasteiger partial charge in [0, 0.05) is 19.6 Å². The van der Waals surface area contributed by atoms with E-state index in [-0.39, 0.29) is 11.6 Å². The summed E-state index contributed by atoms with van der Waals surface area (Å²) in [5, 5.41) is 1.49. The zero-order valence-corrected chi connectivity index (χ0v) is 14.1. The molecule has 0 aromatic heterocycles. The Hall–Kier alpha value is -2.06. The molecule has 0 spiro atoms. The van der Waals surface area contributed by atoms with Crippen molar-refractivity contribution in [2.75, 3.05) is 7.05 Å². The Bertz CT molecular complexity index is 692. The number of nitrogens with zero attached hydrogens (tertiary/aromatic N) is 1. The van der Waals surface area contributed by atoms with Gasteiger partial charge in [-0.05, 0) is 36.2 Å². The van der Waals surface area contributed by atoms with E-state index in [2.05, 4.69) is 5.43 Å². The van der Waals surface area contributed by atoms with Gasteiger partial charge < -0.3 is 0 Å². The van der Waals surface area contributed by atoms with E-state index in [9.17, 15) is 26.3 Å². The molecule has 2 nitrogen and oxygen atoms in total. The molecule has 0 aliphatic heterocycles. The monoisotopic (exact) mass is 376 g/mol. The number of benzene rings is 2. The van der Waals surface area contributed by atoms with Crippen molar-refractivity contribution in [1.29, 1.82) is 0 Å². The normalized spacial score (nSPS) is 13.9. The first kappa shape index (κ1) is 20.3. The average molecular weight is 376 g/mol. The Balaban J connectivity index is 2.24. The summed E-state index contributed by atoms with van der Waals surface area (Å²) in [6, 6.07) is 10.2. The molecule has 1 atom stereocenters. The maximum absolute atomic E-state index is 13.0. The van der Waals surface area contributed by atoms with Crippen LogP contribution in [0.25, 0.3) is 0 Å². The van der Waals surface area contributed by atoms with Gasteiger partial charge in [-0.3, -0.25) is 5.43 Å². The minimum atomic E-state index is -4.86. The van der Waals surface area contributed by atoms with Crippen molar-refractivity contribution in [3.05, 3.63) is 70.8 Å². The lowest BCUT2D eigenvalue weighted by Gasteiger charge is -2.27. The molecular formula is C18H18F6N2. The highest BCUT2D eigenvalue weighted by Crippen LogP contribution is 2.37. The van der Waals surface area contributed by atoms with Crippen LogP contribution in [0, 0.1) is 0 Å². The number of hydrazine groups is 1. The molecule has 0 radical (unpaired) electrons. The summed E-state index contributed by atoms with van der Waals surface area (Å²) >= 11 is 0. The van der Waals surface area contributed by atoms with Crippen molar-refractivity contribution >= 4 is 0 Å². The molecule has 2 aromatic rings. The maximum atomic E-state index is 13.0. The van der Waals surface area contributed by atoms with Crippen LogP contribution < -0.4 is 5.43 Å². The number of nitrogens with one attached hydrogen (secondary N) is 1. The predicted molar refractivity (Wildman–Crippen MR) is 85.9 cm³/mol. The second kappa shape index (κ2) is 7.67. The molecule has 0 bridgehead atoms. The molecular weight excluding hydrogens is 358 g/mol. The van der Waals surface area contributed by atoms with Gasteiger partial charge in [-0.15, -0.1) is 0 Å². The highest BCUT2D eigenvalue weighted by molar-refractivity contribution is 5.35. The number of halogens is 6. The van der Waals surface area contributed by atoms with Crippen molar-refractivity contribution < 1.29 is 26.3 Å². The Morgan fingerprint density at radius 2 is 1.38 bits per heavy atom. The molecule has 0 saturated heterocycles. The first-order valence-corrected chi connectivity index (χ1v) is 7.78. The van der Waals surface area contributed by atoms with Crippen LogP contribution in [-0.4, -0.2) is 12.1 Å². The van der Waals surface area contributed by atoms with E-state index in [1.807, 2.05) is 30.3 Å². The molecule has 0 heterocycles. The summed E-state index contributed by atoms with van der Waals surface area (Å²) in [5.74, 6) is 0. The van der Waals surface area contributed by atoms with E-state index in [0.717, 1.165) is 17.7 Å². The Labute approximate surface area is 147 Å². The maximum Gasteiger partial charge on any atom is 0.416 e. The van der Waals surface area contributed by atoms with Crippen LogP contribution in [0.2, 0.25) is 0 Å². The van der Waals surface area contributed by atoms with E-state index in [1.165, 1.54) is 11.9 Å². The van der Waals surface area contributed by atoms with Crippen molar-refractivity contribution in [2.45, 2.75) is 31.9 Å². The van der Waals surface area contributed by atoms with Crippen molar-refractivity contribution in [3.63, 3.8) is 0 Å². The van der Waals surface area contributed by atoms with Crippen molar-refractivity contribution in [2.24, 2.45) is 0 Å². The molecule has 2 rings (SSSR count). The van der Waals surface area contributed by atoms with E-state index >= 15 is 0 Å². The van der Waals surface area contributed by atoms with E-state index in [0.29, 0.717) is 6.54 Å². The molecule has 26 heavy (non-hydrogen) atoms.